The number of para-hydroxylation sites is 4. The first-order valence-electron chi connectivity index (χ1n) is 38.8. The molecule has 0 N–H and O–H groups in total. The van der Waals surface area contributed by atoms with E-state index in [-0.39, 0.29) is 39.2 Å². The van der Waals surface area contributed by atoms with Crippen molar-refractivity contribution in [3.8, 4) is 0 Å². The van der Waals surface area contributed by atoms with Crippen molar-refractivity contribution in [1.82, 2.24) is 0 Å². The van der Waals surface area contributed by atoms with E-state index < -0.39 is 0 Å². The van der Waals surface area contributed by atoms with Gasteiger partial charge in [0.05, 0.1) is 16.4 Å². The maximum Gasteiger partial charge on any atom is 0.252 e. The highest BCUT2D eigenvalue weighted by Crippen LogP contribution is 2.64. The molecule has 0 aromatic heterocycles. The summed E-state index contributed by atoms with van der Waals surface area (Å²) in [7, 11) is 0. The average molecular weight is 1360 g/mol. The summed E-state index contributed by atoms with van der Waals surface area (Å²) in [6, 6.07) is 87.5. The van der Waals surface area contributed by atoms with Crippen LogP contribution < -0.4 is 36.0 Å². The van der Waals surface area contributed by atoms with E-state index in [9.17, 15) is 0 Å². The van der Waals surface area contributed by atoms with Gasteiger partial charge in [-0.25, -0.2) is 0 Å². The summed E-state index contributed by atoms with van der Waals surface area (Å²) in [5, 5.41) is 0.760. The van der Waals surface area contributed by atoms with Crippen LogP contribution >= 0.6 is 11.6 Å². The van der Waals surface area contributed by atoms with Gasteiger partial charge >= 0.3 is 0 Å². The summed E-state index contributed by atoms with van der Waals surface area (Å²) in [6.07, 6.45) is 16.5. The molecule has 102 heavy (non-hydrogen) atoms. The second-order valence-electron chi connectivity index (χ2n) is 36.9. The molecule has 8 saturated carbocycles. The molecule has 20 rings (SSSR count). The van der Waals surface area contributed by atoms with Crippen LogP contribution in [-0.2, 0) is 32.5 Å². The van der Waals surface area contributed by atoms with Gasteiger partial charge in [-0.1, -0.05) is 216 Å². The Morgan fingerprint density at radius 3 is 1.05 bits per heavy atom. The molecule has 8 fully saturated rings. The van der Waals surface area contributed by atoms with Gasteiger partial charge in [0.1, 0.15) is 0 Å². The van der Waals surface area contributed by atoms with E-state index >= 15 is 0 Å². The molecule has 4 nitrogen and oxygen atoms in total. The van der Waals surface area contributed by atoms with E-state index in [4.69, 9.17) is 11.6 Å². The topological polar surface area (TPSA) is 13.0 Å². The number of anilines is 12. The lowest BCUT2D eigenvalue weighted by molar-refractivity contribution is -0.00526. The van der Waals surface area contributed by atoms with E-state index in [0.717, 1.165) is 74.7 Å². The second-order valence-corrected chi connectivity index (χ2v) is 37.3. The normalized spacial score (nSPS) is 23.5. The number of benzene rings is 10. The van der Waals surface area contributed by atoms with Crippen LogP contribution in [-0.4, -0.2) is 6.71 Å². The SMILES string of the molecule is CC(C)(C)c1ccc(N(c2ccc(C(C)(C)C)cc2)c2cc(C34CC5CC(CC(C5)C3)C4)cc(N(c3ccccc3)c3ccccc3)c2Cl)cc1.CC(C)(C)c1ccc(N2c3ccc(C(C)(C)C)cc3B3c4ccccc4N(c4ccccc4)c4cc(C56CC7CC(CC(C7)C5)C6)cc2c43)cc1. The third-order valence-electron chi connectivity index (χ3n) is 25.7. The van der Waals surface area contributed by atoms with Gasteiger partial charge in [-0.15, -0.1) is 0 Å². The number of rotatable bonds is 10. The first-order chi connectivity index (χ1) is 48.8. The summed E-state index contributed by atoms with van der Waals surface area (Å²) in [4.78, 5) is 10.0. The van der Waals surface area contributed by atoms with Crippen molar-refractivity contribution in [1.29, 1.82) is 0 Å². The molecule has 2 heterocycles. The zero-order valence-corrected chi connectivity index (χ0v) is 63.4. The van der Waals surface area contributed by atoms with Crippen molar-refractivity contribution in [3.05, 3.63) is 269 Å². The van der Waals surface area contributed by atoms with E-state index in [1.807, 2.05) is 0 Å². The van der Waals surface area contributed by atoms with Crippen molar-refractivity contribution in [2.24, 2.45) is 35.5 Å². The van der Waals surface area contributed by atoms with Crippen molar-refractivity contribution in [2.75, 3.05) is 19.6 Å². The fourth-order valence-electron chi connectivity index (χ4n) is 21.4. The Morgan fingerprint density at radius 2 is 0.647 bits per heavy atom. The molecule has 2 aliphatic heterocycles. The van der Waals surface area contributed by atoms with Crippen molar-refractivity contribution in [3.63, 3.8) is 0 Å². The van der Waals surface area contributed by atoms with Crippen LogP contribution in [0.1, 0.15) is 194 Å². The standard InChI is InChI=1S/C48H51BN2.C48H53ClN2/c1-46(2,3)34-16-19-38(20-17-34)51-42-21-18-35(47(4,5)6)25-40(42)49-39-14-10-11-15-41(39)50(37-12-8-7-9-13-37)43-26-36(27-44(51)45(43)49)48-28-31-22-32(29-48)24-33(23-31)30-48;1-46(2,3)36-17-21-41(22-18-36)51(42-23-19-37(20-24-42)47(4,5)6)44-29-38(48-30-33-25-34(31-48)27-35(26-33)32-48)28-43(45(44)49)50(39-13-9-7-10-14-39)40-15-11-8-12-16-40/h7-21,25-27,31-33H,22-24,28-30H2,1-6H3;7-24,28-29,33-35H,25-27,30-32H2,1-6H3. The highest BCUT2D eigenvalue weighted by atomic mass is 35.5. The Kier molecular flexibility index (Phi) is 16.4. The zero-order valence-electron chi connectivity index (χ0n) is 62.6. The monoisotopic (exact) mass is 1360 g/mol. The largest absolute Gasteiger partial charge is 0.311 e. The van der Waals surface area contributed by atoms with E-state index in [1.165, 1.54) is 155 Å². The molecule has 518 valence electrons. The van der Waals surface area contributed by atoms with Gasteiger partial charge in [-0.3, -0.25) is 0 Å². The Morgan fingerprint density at radius 1 is 0.324 bits per heavy atom. The molecule has 8 bridgehead atoms. The lowest BCUT2D eigenvalue weighted by Crippen LogP contribution is -2.61. The lowest BCUT2D eigenvalue weighted by Gasteiger charge is -2.57. The van der Waals surface area contributed by atoms with E-state index in [1.54, 1.807) is 5.56 Å². The highest BCUT2D eigenvalue weighted by Gasteiger charge is 2.55. The summed E-state index contributed by atoms with van der Waals surface area (Å²) in [6.45, 7) is 27.9. The lowest BCUT2D eigenvalue weighted by atomic mass is 9.33. The third kappa shape index (κ3) is 11.9. The molecule has 10 aromatic rings. The van der Waals surface area contributed by atoms with Crippen LogP contribution in [0, 0.1) is 35.5 Å². The molecule has 0 atom stereocenters. The molecule has 10 aliphatic rings. The van der Waals surface area contributed by atoms with E-state index in [0.29, 0.717) is 0 Å². The van der Waals surface area contributed by atoms with Crippen LogP contribution in [0.2, 0.25) is 5.02 Å². The number of nitrogens with zero attached hydrogens (tertiary/aromatic N) is 4. The predicted molar refractivity (Wildman–Crippen MR) is 436 cm³/mol. The van der Waals surface area contributed by atoms with Gasteiger partial charge in [-0.2, -0.15) is 0 Å². The molecular weight excluding hydrogens is 1260 g/mol. The van der Waals surface area contributed by atoms with E-state index in [2.05, 4.69) is 333 Å². The summed E-state index contributed by atoms with van der Waals surface area (Å²) in [5.41, 5.74) is 27.8. The van der Waals surface area contributed by atoms with Gasteiger partial charge in [0, 0.05) is 56.9 Å². The number of hydrogen-bond donors (Lipinski definition) is 0. The van der Waals surface area contributed by atoms with Gasteiger partial charge < -0.3 is 19.6 Å². The first-order valence-corrected chi connectivity index (χ1v) is 39.2. The summed E-state index contributed by atoms with van der Waals surface area (Å²) >= 11 is 7.90. The molecule has 6 heteroatoms. The van der Waals surface area contributed by atoms with Crippen LogP contribution in [0.4, 0.5) is 68.2 Å². The van der Waals surface area contributed by atoms with Crippen LogP contribution in [0.3, 0.4) is 0 Å². The van der Waals surface area contributed by atoms with Gasteiger partial charge in [0.2, 0.25) is 0 Å². The van der Waals surface area contributed by atoms with Crippen LogP contribution in [0.15, 0.2) is 231 Å². The minimum Gasteiger partial charge on any atom is -0.311 e. The molecule has 0 spiro atoms. The van der Waals surface area contributed by atoms with Gasteiger partial charge in [0.25, 0.3) is 6.71 Å². The summed E-state index contributed by atoms with van der Waals surface area (Å²) < 4.78 is 0. The summed E-state index contributed by atoms with van der Waals surface area (Å²) in [5.74, 6) is 5.18. The maximum absolute atomic E-state index is 7.90. The van der Waals surface area contributed by atoms with Gasteiger partial charge in [0.15, 0.2) is 0 Å². The highest BCUT2D eigenvalue weighted by molar-refractivity contribution is 7.00. The Hall–Kier alpha value is -8.25. The average Bonchev–Trinajstić information content (AvgIpc) is 0.697. The number of hydrogen-bond acceptors (Lipinski definition) is 4. The molecule has 0 amide bonds. The molecular formula is C96H104BClN4. The number of fused-ring (bicyclic) bond motifs is 4. The predicted octanol–water partition coefficient (Wildman–Crippen LogP) is 25.2. The first kappa shape index (κ1) is 67.0. The molecule has 8 aliphatic carbocycles. The number of halogens is 1. The molecule has 0 unspecified atom stereocenters. The van der Waals surface area contributed by atoms with Crippen molar-refractivity contribution in [2.45, 2.75) is 193 Å². The zero-order chi connectivity index (χ0) is 70.4. The molecule has 0 radical (unpaired) electrons. The Labute approximate surface area is 615 Å². The quantitative estimate of drug-likeness (QED) is 0.127. The minimum atomic E-state index is 0.0456. The Bertz CT molecular complexity index is 4550. The molecule has 10 aromatic carbocycles. The fourth-order valence-corrected chi connectivity index (χ4v) is 21.6. The Balaban J connectivity index is 0.000000152. The van der Waals surface area contributed by atoms with Crippen LogP contribution in [0.5, 0.6) is 0 Å². The van der Waals surface area contributed by atoms with Crippen LogP contribution in [0.25, 0.3) is 0 Å². The van der Waals surface area contributed by atoms with Crippen molar-refractivity contribution >= 4 is 103 Å². The van der Waals surface area contributed by atoms with Crippen molar-refractivity contribution < 1.29 is 0 Å². The molecule has 0 saturated heterocycles. The third-order valence-corrected chi connectivity index (χ3v) is 26.1. The van der Waals surface area contributed by atoms with Gasteiger partial charge in [-0.05, 0) is 304 Å². The fraction of sp³-hybridized carbons (Fsp3) is 0.375. The smallest absolute Gasteiger partial charge is 0.252 e. The second kappa shape index (κ2) is 25.0. The maximum atomic E-state index is 7.90. The minimum absolute atomic E-state index is 0.0456.